The van der Waals surface area contributed by atoms with Gasteiger partial charge >= 0.3 is 0 Å². The topological polar surface area (TPSA) is 67.5 Å². The van der Waals surface area contributed by atoms with Crippen LogP contribution in [0.2, 0.25) is 0 Å². The predicted octanol–water partition coefficient (Wildman–Crippen LogP) is 4.77. The molecule has 6 heteroatoms. The van der Waals surface area contributed by atoms with Crippen LogP contribution in [0, 0.1) is 0 Å². The van der Waals surface area contributed by atoms with Crippen molar-refractivity contribution in [2.45, 2.75) is 18.9 Å². The maximum atomic E-state index is 12.9. The van der Waals surface area contributed by atoms with Gasteiger partial charge in [0, 0.05) is 41.8 Å². The fourth-order valence-corrected chi connectivity index (χ4v) is 4.36. The summed E-state index contributed by atoms with van der Waals surface area (Å²) >= 11 is 0. The molecule has 0 radical (unpaired) electrons. The Morgan fingerprint density at radius 3 is 2.91 bits per heavy atom. The monoisotopic (exact) mass is 441 g/mol. The lowest BCUT2D eigenvalue weighted by molar-refractivity contribution is -0.139. The number of pyridine rings is 1. The third kappa shape index (κ3) is 4.61. The first-order valence-corrected chi connectivity index (χ1v) is 11.3. The molecular formula is C27H27N3O3. The lowest BCUT2D eigenvalue weighted by Crippen LogP contribution is -2.42. The number of aryl methyl sites for hydroxylation is 1. The van der Waals surface area contributed by atoms with Gasteiger partial charge in [0.2, 0.25) is 5.91 Å². The standard InChI is InChI=1S/C27H27N3O3/c1-32-22-6-4-5-19(15-22)20-9-11-25(29-16-20)26-18-30(13-14-33-26)27(31)12-10-21-17-28-24-8-3-2-7-23(21)24/h2-9,11,15-17,26,28H,10,12-14,18H2,1H3/t26-/m0/s1. The maximum Gasteiger partial charge on any atom is 0.223 e. The molecule has 1 saturated heterocycles. The van der Waals surface area contributed by atoms with Crippen LogP contribution in [0.1, 0.15) is 23.8 Å². The number of fused-ring (bicyclic) bond motifs is 1. The van der Waals surface area contributed by atoms with Crippen LogP contribution >= 0.6 is 0 Å². The van der Waals surface area contributed by atoms with E-state index in [0.717, 1.165) is 34.5 Å². The number of hydrogen-bond acceptors (Lipinski definition) is 4. The molecule has 4 aromatic rings. The number of aromatic amines is 1. The number of amides is 1. The van der Waals surface area contributed by atoms with Crippen LogP contribution in [-0.2, 0) is 16.0 Å². The summed E-state index contributed by atoms with van der Waals surface area (Å²) in [6.45, 7) is 1.66. The number of carbonyl (C=O) groups excluding carboxylic acids is 1. The van der Waals surface area contributed by atoms with Crippen LogP contribution < -0.4 is 4.74 Å². The molecule has 0 saturated carbocycles. The molecule has 2 aromatic carbocycles. The zero-order chi connectivity index (χ0) is 22.6. The van der Waals surface area contributed by atoms with Gasteiger partial charge in [0.05, 0.1) is 26.0 Å². The largest absolute Gasteiger partial charge is 0.497 e. The van der Waals surface area contributed by atoms with Crippen molar-refractivity contribution in [3.05, 3.63) is 84.3 Å². The summed E-state index contributed by atoms with van der Waals surface area (Å²) in [5, 5.41) is 1.19. The van der Waals surface area contributed by atoms with Crippen LogP contribution in [0.5, 0.6) is 5.75 Å². The van der Waals surface area contributed by atoms with E-state index in [1.54, 1.807) is 7.11 Å². The Hall–Kier alpha value is -3.64. The molecule has 33 heavy (non-hydrogen) atoms. The number of methoxy groups -OCH3 is 1. The molecular weight excluding hydrogens is 414 g/mol. The van der Waals surface area contributed by atoms with Gasteiger partial charge in [-0.3, -0.25) is 9.78 Å². The highest BCUT2D eigenvalue weighted by atomic mass is 16.5. The van der Waals surface area contributed by atoms with E-state index < -0.39 is 0 Å². The summed E-state index contributed by atoms with van der Waals surface area (Å²) in [7, 11) is 1.66. The average molecular weight is 442 g/mol. The molecule has 1 aliphatic rings. The van der Waals surface area contributed by atoms with Crippen molar-refractivity contribution in [2.24, 2.45) is 0 Å². The first kappa shape index (κ1) is 21.2. The van der Waals surface area contributed by atoms with E-state index in [1.165, 1.54) is 10.9 Å². The quantitative estimate of drug-likeness (QED) is 0.468. The van der Waals surface area contributed by atoms with E-state index in [2.05, 4.69) is 22.1 Å². The van der Waals surface area contributed by atoms with Crippen molar-refractivity contribution in [3.63, 3.8) is 0 Å². The highest BCUT2D eigenvalue weighted by Gasteiger charge is 2.26. The Labute approximate surface area is 193 Å². The first-order valence-electron chi connectivity index (χ1n) is 11.3. The number of nitrogens with zero attached hydrogens (tertiary/aromatic N) is 2. The van der Waals surface area contributed by atoms with E-state index >= 15 is 0 Å². The van der Waals surface area contributed by atoms with Crippen molar-refractivity contribution in [1.29, 1.82) is 0 Å². The number of para-hydroxylation sites is 1. The number of rotatable bonds is 6. The summed E-state index contributed by atoms with van der Waals surface area (Å²) < 4.78 is 11.3. The van der Waals surface area contributed by atoms with Crippen LogP contribution in [0.15, 0.2) is 73.1 Å². The van der Waals surface area contributed by atoms with Crippen molar-refractivity contribution in [1.82, 2.24) is 14.9 Å². The molecule has 0 spiro atoms. The zero-order valence-electron chi connectivity index (χ0n) is 18.7. The number of hydrogen-bond donors (Lipinski definition) is 1. The summed E-state index contributed by atoms with van der Waals surface area (Å²) in [5.41, 5.74) is 5.19. The van der Waals surface area contributed by atoms with Gasteiger partial charge in [-0.15, -0.1) is 0 Å². The second kappa shape index (κ2) is 9.46. The maximum absolute atomic E-state index is 12.9. The minimum absolute atomic E-state index is 0.154. The fraction of sp³-hybridized carbons (Fsp3) is 0.259. The van der Waals surface area contributed by atoms with Crippen LogP contribution in [0.3, 0.4) is 0 Å². The molecule has 168 valence electrons. The third-order valence-electron chi connectivity index (χ3n) is 6.22. The number of H-pyrrole nitrogens is 1. The minimum Gasteiger partial charge on any atom is -0.497 e. The normalized spacial score (nSPS) is 16.2. The van der Waals surface area contributed by atoms with E-state index in [-0.39, 0.29) is 12.0 Å². The van der Waals surface area contributed by atoms with Crippen molar-refractivity contribution >= 4 is 16.8 Å². The number of ether oxygens (including phenoxy) is 2. The lowest BCUT2D eigenvalue weighted by Gasteiger charge is -2.32. The van der Waals surface area contributed by atoms with Crippen molar-refractivity contribution in [3.8, 4) is 16.9 Å². The van der Waals surface area contributed by atoms with E-state index in [9.17, 15) is 4.79 Å². The van der Waals surface area contributed by atoms with Gasteiger partial charge in [-0.25, -0.2) is 0 Å². The highest BCUT2D eigenvalue weighted by Crippen LogP contribution is 2.27. The van der Waals surface area contributed by atoms with Crippen LogP contribution in [0.4, 0.5) is 0 Å². The number of nitrogens with one attached hydrogen (secondary N) is 1. The summed E-state index contributed by atoms with van der Waals surface area (Å²) in [5.74, 6) is 0.968. The van der Waals surface area contributed by atoms with Gasteiger partial charge in [0.25, 0.3) is 0 Å². The lowest BCUT2D eigenvalue weighted by atomic mass is 10.1. The van der Waals surface area contributed by atoms with Gasteiger partial charge < -0.3 is 19.4 Å². The summed E-state index contributed by atoms with van der Waals surface area (Å²) in [6.07, 6.45) is 4.85. The van der Waals surface area contributed by atoms with Gasteiger partial charge in [-0.05, 0) is 41.8 Å². The Balaban J connectivity index is 1.22. The molecule has 1 amide bonds. The fourth-order valence-electron chi connectivity index (χ4n) is 4.36. The molecule has 5 rings (SSSR count). The minimum atomic E-state index is -0.213. The smallest absolute Gasteiger partial charge is 0.223 e. The molecule has 1 N–H and O–H groups in total. The molecule has 6 nitrogen and oxygen atoms in total. The molecule has 3 heterocycles. The Kier molecular flexibility index (Phi) is 6.09. The first-order chi connectivity index (χ1) is 16.2. The number of benzene rings is 2. The molecule has 0 bridgehead atoms. The Bertz CT molecular complexity index is 1250. The second-order valence-electron chi connectivity index (χ2n) is 8.26. The third-order valence-corrected chi connectivity index (χ3v) is 6.22. The average Bonchev–Trinajstić information content (AvgIpc) is 3.30. The van der Waals surface area contributed by atoms with Crippen LogP contribution in [0.25, 0.3) is 22.0 Å². The zero-order valence-corrected chi connectivity index (χ0v) is 18.7. The van der Waals surface area contributed by atoms with Crippen molar-refractivity contribution in [2.75, 3.05) is 26.8 Å². The van der Waals surface area contributed by atoms with Gasteiger partial charge in [-0.1, -0.05) is 36.4 Å². The number of morpholine rings is 1. The number of carbonyl (C=O) groups is 1. The van der Waals surface area contributed by atoms with Gasteiger partial charge in [-0.2, -0.15) is 0 Å². The van der Waals surface area contributed by atoms with Gasteiger partial charge in [0.15, 0.2) is 0 Å². The Morgan fingerprint density at radius 1 is 1.15 bits per heavy atom. The summed E-state index contributed by atoms with van der Waals surface area (Å²) in [6, 6.07) is 20.1. The van der Waals surface area contributed by atoms with Gasteiger partial charge in [0.1, 0.15) is 11.9 Å². The molecule has 1 atom stereocenters. The van der Waals surface area contributed by atoms with E-state index in [1.807, 2.05) is 65.8 Å². The molecule has 1 fully saturated rings. The second-order valence-corrected chi connectivity index (χ2v) is 8.26. The molecule has 0 aliphatic carbocycles. The Morgan fingerprint density at radius 2 is 2.06 bits per heavy atom. The molecule has 2 aromatic heterocycles. The molecule has 0 unspecified atom stereocenters. The van der Waals surface area contributed by atoms with Crippen molar-refractivity contribution < 1.29 is 14.3 Å². The van der Waals surface area contributed by atoms with Crippen LogP contribution in [-0.4, -0.2) is 47.6 Å². The van der Waals surface area contributed by atoms with E-state index in [4.69, 9.17) is 9.47 Å². The summed E-state index contributed by atoms with van der Waals surface area (Å²) in [4.78, 5) is 22.8. The molecule has 1 aliphatic heterocycles. The predicted molar refractivity (Wildman–Crippen MR) is 128 cm³/mol. The number of aromatic nitrogens is 2. The highest BCUT2D eigenvalue weighted by molar-refractivity contribution is 5.84. The SMILES string of the molecule is COc1cccc(-c2ccc([C@@H]3CN(C(=O)CCc4c[nH]c5ccccc45)CCO3)nc2)c1. The van der Waals surface area contributed by atoms with E-state index in [0.29, 0.717) is 26.1 Å².